The lowest BCUT2D eigenvalue weighted by atomic mass is 10.0. The molecule has 1 saturated carbocycles. The van der Waals surface area contributed by atoms with Crippen molar-refractivity contribution in [1.29, 1.82) is 0 Å². The SMILES string of the molecule is Cc1ccc(CC(C)C)c(OCC2CC2)c1. The van der Waals surface area contributed by atoms with Crippen LogP contribution < -0.4 is 4.74 Å². The first-order valence-corrected chi connectivity index (χ1v) is 6.37. The van der Waals surface area contributed by atoms with E-state index in [2.05, 4.69) is 39.0 Å². The van der Waals surface area contributed by atoms with Gasteiger partial charge in [-0.15, -0.1) is 0 Å². The van der Waals surface area contributed by atoms with Crippen LogP contribution in [0.15, 0.2) is 18.2 Å². The van der Waals surface area contributed by atoms with Gasteiger partial charge >= 0.3 is 0 Å². The van der Waals surface area contributed by atoms with Crippen LogP contribution in [0.1, 0.15) is 37.8 Å². The van der Waals surface area contributed by atoms with Crippen molar-refractivity contribution in [3.8, 4) is 5.75 Å². The van der Waals surface area contributed by atoms with Crippen LogP contribution in [0.5, 0.6) is 5.75 Å². The zero-order valence-corrected chi connectivity index (χ0v) is 10.6. The molecule has 0 unspecified atom stereocenters. The molecular weight excluding hydrogens is 196 g/mol. The first-order valence-electron chi connectivity index (χ1n) is 6.37. The van der Waals surface area contributed by atoms with Gasteiger partial charge in [-0.25, -0.2) is 0 Å². The van der Waals surface area contributed by atoms with Gasteiger partial charge in [0.25, 0.3) is 0 Å². The molecule has 0 N–H and O–H groups in total. The van der Waals surface area contributed by atoms with Gasteiger partial charge in [-0.1, -0.05) is 26.0 Å². The lowest BCUT2D eigenvalue weighted by molar-refractivity contribution is 0.295. The Balaban J connectivity index is 2.07. The van der Waals surface area contributed by atoms with Crippen LogP contribution in [0.2, 0.25) is 0 Å². The van der Waals surface area contributed by atoms with E-state index in [-0.39, 0.29) is 0 Å². The smallest absolute Gasteiger partial charge is 0.122 e. The van der Waals surface area contributed by atoms with Gasteiger partial charge in [0.15, 0.2) is 0 Å². The number of aryl methyl sites for hydroxylation is 1. The molecule has 1 aromatic rings. The van der Waals surface area contributed by atoms with Gasteiger partial charge in [0.05, 0.1) is 6.61 Å². The summed E-state index contributed by atoms with van der Waals surface area (Å²) in [5.41, 5.74) is 2.65. The van der Waals surface area contributed by atoms with Crippen LogP contribution in [0.3, 0.4) is 0 Å². The molecule has 1 aliphatic rings. The molecule has 0 amide bonds. The Morgan fingerprint density at radius 2 is 2.06 bits per heavy atom. The van der Waals surface area contributed by atoms with E-state index in [0.29, 0.717) is 5.92 Å². The molecule has 88 valence electrons. The van der Waals surface area contributed by atoms with Gasteiger partial charge in [0.1, 0.15) is 5.75 Å². The molecule has 1 fully saturated rings. The van der Waals surface area contributed by atoms with Crippen LogP contribution in [0.25, 0.3) is 0 Å². The van der Waals surface area contributed by atoms with Crippen molar-refractivity contribution in [1.82, 2.24) is 0 Å². The van der Waals surface area contributed by atoms with Gasteiger partial charge in [-0.05, 0) is 55.2 Å². The van der Waals surface area contributed by atoms with Crippen molar-refractivity contribution >= 4 is 0 Å². The minimum absolute atomic E-state index is 0.686. The van der Waals surface area contributed by atoms with E-state index in [0.717, 1.165) is 24.7 Å². The summed E-state index contributed by atoms with van der Waals surface area (Å²) >= 11 is 0. The second-order valence-corrected chi connectivity index (χ2v) is 5.46. The third-order valence-corrected chi connectivity index (χ3v) is 3.02. The predicted molar refractivity (Wildman–Crippen MR) is 67.9 cm³/mol. The Labute approximate surface area is 98.8 Å². The van der Waals surface area contributed by atoms with Crippen LogP contribution >= 0.6 is 0 Å². The van der Waals surface area contributed by atoms with Gasteiger partial charge in [-0.3, -0.25) is 0 Å². The Kier molecular flexibility index (Phi) is 3.52. The highest BCUT2D eigenvalue weighted by Gasteiger charge is 2.22. The minimum Gasteiger partial charge on any atom is -0.493 e. The molecule has 0 heterocycles. The van der Waals surface area contributed by atoms with E-state index in [1.54, 1.807) is 0 Å². The van der Waals surface area contributed by atoms with Crippen LogP contribution in [0.4, 0.5) is 0 Å². The van der Waals surface area contributed by atoms with Crippen LogP contribution in [-0.4, -0.2) is 6.61 Å². The summed E-state index contributed by atoms with van der Waals surface area (Å²) in [5, 5.41) is 0. The molecule has 0 bridgehead atoms. The molecule has 0 aliphatic heterocycles. The van der Waals surface area contributed by atoms with Crippen molar-refractivity contribution < 1.29 is 4.74 Å². The molecule has 1 nitrogen and oxygen atoms in total. The lowest BCUT2D eigenvalue weighted by Gasteiger charge is -2.13. The van der Waals surface area contributed by atoms with Crippen molar-refractivity contribution in [3.63, 3.8) is 0 Å². The first kappa shape index (κ1) is 11.5. The minimum atomic E-state index is 0.686. The molecule has 0 radical (unpaired) electrons. The maximum absolute atomic E-state index is 5.94. The quantitative estimate of drug-likeness (QED) is 0.726. The molecule has 0 aromatic heterocycles. The summed E-state index contributed by atoms with van der Waals surface area (Å²) in [7, 11) is 0. The number of benzene rings is 1. The number of hydrogen-bond acceptors (Lipinski definition) is 1. The Hall–Kier alpha value is -0.980. The highest BCUT2D eigenvalue weighted by Crippen LogP contribution is 2.31. The summed E-state index contributed by atoms with van der Waals surface area (Å²) in [6, 6.07) is 6.58. The summed E-state index contributed by atoms with van der Waals surface area (Å²) in [6.45, 7) is 7.55. The topological polar surface area (TPSA) is 9.23 Å². The first-order chi connectivity index (χ1) is 7.65. The van der Waals surface area contributed by atoms with Crippen molar-refractivity contribution in [2.75, 3.05) is 6.61 Å². The Morgan fingerprint density at radius 3 is 2.69 bits per heavy atom. The fraction of sp³-hybridized carbons (Fsp3) is 0.600. The van der Waals surface area contributed by atoms with Crippen molar-refractivity contribution in [2.24, 2.45) is 11.8 Å². The highest BCUT2D eigenvalue weighted by atomic mass is 16.5. The summed E-state index contributed by atoms with van der Waals surface area (Å²) in [6.07, 6.45) is 3.82. The van der Waals surface area contributed by atoms with E-state index in [1.165, 1.54) is 24.0 Å². The highest BCUT2D eigenvalue weighted by molar-refractivity contribution is 5.37. The van der Waals surface area contributed by atoms with Crippen LogP contribution in [-0.2, 0) is 6.42 Å². The van der Waals surface area contributed by atoms with E-state index in [9.17, 15) is 0 Å². The molecule has 1 aromatic carbocycles. The fourth-order valence-electron chi connectivity index (χ4n) is 1.90. The maximum Gasteiger partial charge on any atom is 0.122 e. The number of rotatable bonds is 5. The predicted octanol–water partition coefficient (Wildman–Crippen LogP) is 3.98. The van der Waals surface area contributed by atoms with E-state index >= 15 is 0 Å². The zero-order chi connectivity index (χ0) is 11.5. The molecule has 1 heteroatoms. The molecule has 1 aliphatic carbocycles. The van der Waals surface area contributed by atoms with Crippen molar-refractivity contribution in [2.45, 2.75) is 40.0 Å². The summed E-state index contributed by atoms with van der Waals surface area (Å²) in [5.74, 6) is 2.62. The summed E-state index contributed by atoms with van der Waals surface area (Å²) < 4.78 is 5.94. The van der Waals surface area contributed by atoms with Gasteiger partial charge < -0.3 is 4.74 Å². The molecule has 0 spiro atoms. The second-order valence-electron chi connectivity index (χ2n) is 5.46. The Bertz CT molecular complexity index is 350. The fourth-order valence-corrected chi connectivity index (χ4v) is 1.90. The van der Waals surface area contributed by atoms with Crippen LogP contribution in [0, 0.1) is 18.8 Å². The largest absolute Gasteiger partial charge is 0.493 e. The average molecular weight is 218 g/mol. The lowest BCUT2D eigenvalue weighted by Crippen LogP contribution is -2.04. The van der Waals surface area contributed by atoms with Gasteiger partial charge in [0, 0.05) is 0 Å². The molecule has 0 atom stereocenters. The Morgan fingerprint density at radius 1 is 1.31 bits per heavy atom. The molecule has 0 saturated heterocycles. The van der Waals surface area contributed by atoms with Gasteiger partial charge in [0.2, 0.25) is 0 Å². The monoisotopic (exact) mass is 218 g/mol. The van der Waals surface area contributed by atoms with Crippen molar-refractivity contribution in [3.05, 3.63) is 29.3 Å². The average Bonchev–Trinajstić information content (AvgIpc) is 3.01. The van der Waals surface area contributed by atoms with E-state index in [4.69, 9.17) is 4.74 Å². The molecule has 16 heavy (non-hydrogen) atoms. The van der Waals surface area contributed by atoms with E-state index in [1.807, 2.05) is 0 Å². The maximum atomic E-state index is 5.94. The second kappa shape index (κ2) is 4.90. The standard InChI is InChI=1S/C15H22O/c1-11(2)8-14-7-4-12(3)9-15(14)16-10-13-5-6-13/h4,7,9,11,13H,5-6,8,10H2,1-3H3. The third-order valence-electron chi connectivity index (χ3n) is 3.02. The number of hydrogen-bond donors (Lipinski definition) is 0. The zero-order valence-electron chi connectivity index (χ0n) is 10.6. The normalized spacial score (nSPS) is 15.5. The van der Waals surface area contributed by atoms with E-state index < -0.39 is 0 Å². The number of ether oxygens (including phenoxy) is 1. The molecular formula is C15H22O. The summed E-state index contributed by atoms with van der Waals surface area (Å²) in [4.78, 5) is 0. The third kappa shape index (κ3) is 3.26. The van der Waals surface area contributed by atoms with Gasteiger partial charge in [-0.2, -0.15) is 0 Å². The molecule has 2 rings (SSSR count).